The normalized spacial score (nSPS) is 12.7. The molecule has 0 heterocycles. The lowest BCUT2D eigenvalue weighted by Crippen LogP contribution is -2.16. The summed E-state index contributed by atoms with van der Waals surface area (Å²) in [5, 5.41) is 0. The molecule has 0 aromatic rings. The van der Waals surface area contributed by atoms with Crippen LogP contribution in [0.2, 0.25) is 0 Å². The van der Waals surface area contributed by atoms with E-state index >= 15 is 0 Å². The molecule has 0 bridgehead atoms. The highest BCUT2D eigenvalue weighted by Gasteiger charge is 2.14. The standard InChI is InChI=1S/C64H130O/c1-5-9-13-17-21-25-29-33-35-39-43-47-51-55-59-63(57-53-49-45-41-37-31-27-23-19-15-11-7-3)61-65-62-64(58-54-50-46-42-38-32-28-24-20-16-12-8-4)60-56-52-48-44-40-36-34-30-26-22-18-14-10-6-2/h63-64H,5-62H2,1-4H3. The summed E-state index contributed by atoms with van der Waals surface area (Å²) in [5.41, 5.74) is 0. The highest BCUT2D eigenvalue weighted by Crippen LogP contribution is 2.24. The number of ether oxygens (including phenoxy) is 1. The third kappa shape index (κ3) is 56.4. The maximum atomic E-state index is 6.81. The molecule has 0 aliphatic heterocycles. The Hall–Kier alpha value is -0.0400. The zero-order chi connectivity index (χ0) is 46.9. The van der Waals surface area contributed by atoms with Gasteiger partial charge in [0.1, 0.15) is 0 Å². The van der Waals surface area contributed by atoms with Gasteiger partial charge in [-0.15, -0.1) is 0 Å². The van der Waals surface area contributed by atoms with Gasteiger partial charge in [0.25, 0.3) is 0 Å². The lowest BCUT2D eigenvalue weighted by molar-refractivity contribution is 0.0586. The Morgan fingerprint density at radius 2 is 0.292 bits per heavy atom. The molecule has 0 saturated heterocycles. The van der Waals surface area contributed by atoms with Crippen molar-refractivity contribution in [1.82, 2.24) is 0 Å². The van der Waals surface area contributed by atoms with Gasteiger partial charge in [-0.3, -0.25) is 0 Å². The Kier molecular flexibility index (Phi) is 60.0. The Balaban J connectivity index is 4.71. The first kappa shape index (κ1) is 65.0. The molecule has 0 rings (SSSR count). The summed E-state index contributed by atoms with van der Waals surface area (Å²) in [6.07, 6.45) is 81.4. The molecule has 1 heteroatoms. The lowest BCUT2D eigenvalue weighted by Gasteiger charge is -2.21. The van der Waals surface area contributed by atoms with Gasteiger partial charge in [0.15, 0.2) is 0 Å². The van der Waals surface area contributed by atoms with Gasteiger partial charge >= 0.3 is 0 Å². The third-order valence-corrected chi connectivity index (χ3v) is 15.6. The van der Waals surface area contributed by atoms with Crippen LogP contribution in [0.4, 0.5) is 0 Å². The molecule has 0 N–H and O–H groups in total. The smallest absolute Gasteiger partial charge is 0.0494 e. The molecule has 392 valence electrons. The number of rotatable bonds is 60. The Morgan fingerprint density at radius 1 is 0.169 bits per heavy atom. The van der Waals surface area contributed by atoms with E-state index in [1.165, 1.54) is 360 Å². The van der Waals surface area contributed by atoms with Crippen LogP contribution >= 0.6 is 0 Å². The predicted octanol–water partition coefficient (Wildman–Crippen LogP) is 24.2. The molecule has 0 amide bonds. The molecule has 0 aliphatic carbocycles. The summed E-state index contributed by atoms with van der Waals surface area (Å²) in [6.45, 7) is 11.4. The van der Waals surface area contributed by atoms with E-state index in [9.17, 15) is 0 Å². The second-order valence-corrected chi connectivity index (χ2v) is 22.4. The van der Waals surface area contributed by atoms with Gasteiger partial charge in [0.05, 0.1) is 0 Å². The molecule has 0 aliphatic rings. The van der Waals surface area contributed by atoms with Crippen molar-refractivity contribution < 1.29 is 4.74 Å². The molecule has 0 fully saturated rings. The molecule has 0 spiro atoms. The molecular weight excluding hydrogens is 785 g/mol. The SMILES string of the molecule is CCCCCCCCCCCCCCCCC(CCCCCCCCCCCCCC)COCC(CCCCCCCCCCCCCC)CCCCCCCCCCCCCCCC. The van der Waals surface area contributed by atoms with Gasteiger partial charge in [-0.05, 0) is 37.5 Å². The summed E-state index contributed by atoms with van der Waals surface area (Å²) < 4.78 is 6.81. The fraction of sp³-hybridized carbons (Fsp3) is 1.00. The van der Waals surface area contributed by atoms with Crippen molar-refractivity contribution >= 4 is 0 Å². The van der Waals surface area contributed by atoms with Gasteiger partial charge in [0, 0.05) is 13.2 Å². The molecule has 2 atom stereocenters. The van der Waals surface area contributed by atoms with Crippen LogP contribution in [0.1, 0.15) is 387 Å². The Bertz CT molecular complexity index is 726. The summed E-state index contributed by atoms with van der Waals surface area (Å²) in [6, 6.07) is 0. The maximum absolute atomic E-state index is 6.81. The minimum absolute atomic E-state index is 0.795. The van der Waals surface area contributed by atoms with Gasteiger partial charge in [0.2, 0.25) is 0 Å². The highest BCUT2D eigenvalue weighted by atomic mass is 16.5. The molecule has 0 radical (unpaired) electrons. The fourth-order valence-corrected chi connectivity index (χ4v) is 10.8. The molecule has 0 aromatic heterocycles. The number of unbranched alkanes of at least 4 members (excludes halogenated alkanes) is 48. The first-order valence-electron chi connectivity index (χ1n) is 31.9. The highest BCUT2D eigenvalue weighted by molar-refractivity contribution is 4.65. The van der Waals surface area contributed by atoms with Crippen LogP contribution in [0.15, 0.2) is 0 Å². The van der Waals surface area contributed by atoms with Crippen LogP contribution in [-0.2, 0) is 4.74 Å². The van der Waals surface area contributed by atoms with Gasteiger partial charge < -0.3 is 4.74 Å². The van der Waals surface area contributed by atoms with E-state index in [-0.39, 0.29) is 0 Å². The topological polar surface area (TPSA) is 9.23 Å². The summed E-state index contributed by atoms with van der Waals surface area (Å²) in [4.78, 5) is 0. The van der Waals surface area contributed by atoms with Crippen LogP contribution in [0, 0.1) is 11.8 Å². The summed E-state index contributed by atoms with van der Waals surface area (Å²) in [5.74, 6) is 1.59. The average molecular weight is 916 g/mol. The van der Waals surface area contributed by atoms with E-state index in [4.69, 9.17) is 4.74 Å². The second-order valence-electron chi connectivity index (χ2n) is 22.4. The van der Waals surface area contributed by atoms with Crippen molar-refractivity contribution in [2.24, 2.45) is 11.8 Å². The maximum Gasteiger partial charge on any atom is 0.0494 e. The molecule has 0 saturated carbocycles. The predicted molar refractivity (Wildman–Crippen MR) is 299 cm³/mol. The van der Waals surface area contributed by atoms with E-state index in [2.05, 4.69) is 27.7 Å². The van der Waals surface area contributed by atoms with Crippen LogP contribution in [0.3, 0.4) is 0 Å². The minimum Gasteiger partial charge on any atom is -0.381 e. The van der Waals surface area contributed by atoms with Crippen molar-refractivity contribution in [2.75, 3.05) is 13.2 Å². The summed E-state index contributed by atoms with van der Waals surface area (Å²) >= 11 is 0. The minimum atomic E-state index is 0.795. The molecule has 1 nitrogen and oxygen atoms in total. The van der Waals surface area contributed by atoms with E-state index in [0.29, 0.717) is 0 Å². The first-order valence-corrected chi connectivity index (χ1v) is 31.9. The Morgan fingerprint density at radius 3 is 0.431 bits per heavy atom. The molecule has 2 unspecified atom stereocenters. The van der Waals surface area contributed by atoms with Crippen LogP contribution in [-0.4, -0.2) is 13.2 Å². The first-order chi connectivity index (χ1) is 32.3. The quantitative estimate of drug-likeness (QED) is 0.0553. The van der Waals surface area contributed by atoms with Crippen molar-refractivity contribution in [3.05, 3.63) is 0 Å². The van der Waals surface area contributed by atoms with Gasteiger partial charge in [-0.1, -0.05) is 362 Å². The molecule has 65 heavy (non-hydrogen) atoms. The van der Waals surface area contributed by atoms with Crippen LogP contribution in [0.25, 0.3) is 0 Å². The molecular formula is C64H130O. The average Bonchev–Trinajstić information content (AvgIpc) is 3.31. The van der Waals surface area contributed by atoms with E-state index in [1.807, 2.05) is 0 Å². The lowest BCUT2D eigenvalue weighted by atomic mass is 9.93. The number of hydrogen-bond acceptors (Lipinski definition) is 1. The van der Waals surface area contributed by atoms with E-state index < -0.39 is 0 Å². The number of hydrogen-bond donors (Lipinski definition) is 0. The molecule has 0 aromatic carbocycles. The van der Waals surface area contributed by atoms with Crippen molar-refractivity contribution in [3.63, 3.8) is 0 Å². The van der Waals surface area contributed by atoms with Gasteiger partial charge in [-0.25, -0.2) is 0 Å². The summed E-state index contributed by atoms with van der Waals surface area (Å²) in [7, 11) is 0. The zero-order valence-electron chi connectivity index (χ0n) is 46.6. The van der Waals surface area contributed by atoms with E-state index in [1.54, 1.807) is 0 Å². The van der Waals surface area contributed by atoms with Crippen molar-refractivity contribution in [2.45, 2.75) is 387 Å². The fourth-order valence-electron chi connectivity index (χ4n) is 10.8. The van der Waals surface area contributed by atoms with Crippen LogP contribution < -0.4 is 0 Å². The third-order valence-electron chi connectivity index (χ3n) is 15.6. The van der Waals surface area contributed by atoms with Crippen molar-refractivity contribution in [1.29, 1.82) is 0 Å². The monoisotopic (exact) mass is 915 g/mol. The zero-order valence-corrected chi connectivity index (χ0v) is 46.6. The van der Waals surface area contributed by atoms with Gasteiger partial charge in [-0.2, -0.15) is 0 Å². The largest absolute Gasteiger partial charge is 0.381 e. The Labute approximate surface area is 415 Å². The van der Waals surface area contributed by atoms with Crippen molar-refractivity contribution in [3.8, 4) is 0 Å². The second kappa shape index (κ2) is 60.1. The van der Waals surface area contributed by atoms with Crippen LogP contribution in [0.5, 0.6) is 0 Å². The van der Waals surface area contributed by atoms with E-state index in [0.717, 1.165) is 25.0 Å².